The molecule has 4 rings (SSSR count). The predicted molar refractivity (Wildman–Crippen MR) is 98.9 cm³/mol. The first-order valence-electron chi connectivity index (χ1n) is 8.91. The van der Waals surface area contributed by atoms with Crippen LogP contribution in [0.2, 0.25) is 0 Å². The first kappa shape index (κ1) is 16.8. The molecule has 1 atom stereocenters. The number of ether oxygens (including phenoxy) is 2. The number of hydrogen-bond acceptors (Lipinski definition) is 3. The lowest BCUT2D eigenvalue weighted by Gasteiger charge is -2.34. The van der Waals surface area contributed by atoms with Gasteiger partial charge in [0.2, 0.25) is 0 Å². The lowest BCUT2D eigenvalue weighted by molar-refractivity contribution is 0.178. The second-order valence-corrected chi connectivity index (χ2v) is 7.22. The van der Waals surface area contributed by atoms with Crippen molar-refractivity contribution in [3.05, 3.63) is 47.5 Å². The average molecular weight is 353 g/mol. The number of methoxy groups -OCH3 is 2. The van der Waals surface area contributed by atoms with Crippen molar-refractivity contribution in [2.75, 3.05) is 14.2 Å². The summed E-state index contributed by atoms with van der Waals surface area (Å²) in [6.07, 6.45) is 3.26. The van der Waals surface area contributed by atoms with Gasteiger partial charge >= 0.3 is 6.09 Å². The summed E-state index contributed by atoms with van der Waals surface area (Å²) in [5.74, 6) is 1.57. The molecule has 2 aromatic carbocycles. The van der Waals surface area contributed by atoms with E-state index in [0.29, 0.717) is 0 Å². The molecular formula is C21H23NO4. The van der Waals surface area contributed by atoms with E-state index in [0.717, 1.165) is 53.9 Å². The van der Waals surface area contributed by atoms with Crippen LogP contribution in [-0.2, 0) is 6.42 Å². The average Bonchev–Trinajstić information content (AvgIpc) is 3.43. The molecule has 1 unspecified atom stereocenters. The number of carbonyl (C=O) groups is 1. The summed E-state index contributed by atoms with van der Waals surface area (Å²) in [5.41, 5.74) is 4.48. The zero-order chi connectivity index (χ0) is 18.3. The Morgan fingerprint density at radius 1 is 1.12 bits per heavy atom. The second kappa shape index (κ2) is 6.24. The number of carboxylic acid groups (broad SMARTS) is 1. The summed E-state index contributed by atoms with van der Waals surface area (Å²) >= 11 is 0. The van der Waals surface area contributed by atoms with Gasteiger partial charge in [0, 0.05) is 5.56 Å². The molecule has 0 heterocycles. The zero-order valence-electron chi connectivity index (χ0n) is 15.0. The summed E-state index contributed by atoms with van der Waals surface area (Å²) in [4.78, 5) is 11.3. The topological polar surface area (TPSA) is 67.8 Å². The molecule has 0 bridgehead atoms. The van der Waals surface area contributed by atoms with Gasteiger partial charge in [-0.05, 0) is 66.0 Å². The molecule has 1 fully saturated rings. The fourth-order valence-corrected chi connectivity index (χ4v) is 4.22. The second-order valence-electron chi connectivity index (χ2n) is 7.22. The van der Waals surface area contributed by atoms with Gasteiger partial charge in [0.25, 0.3) is 0 Å². The molecule has 0 saturated heterocycles. The number of hydrogen-bond donors (Lipinski definition) is 2. The molecule has 2 aliphatic carbocycles. The van der Waals surface area contributed by atoms with Gasteiger partial charge in [0.15, 0.2) is 0 Å². The molecular weight excluding hydrogens is 330 g/mol. The summed E-state index contributed by atoms with van der Waals surface area (Å²) < 4.78 is 10.9. The standard InChI is InChI=1S/C21H23NO4/c1-25-15-4-6-18(26-2)17(12-15)13-3-5-16-14(11-13)7-8-21(9-10-21)19(16)22-20(23)24/h3-6,11-12,19,22H,7-10H2,1-2H3,(H,23,24). The van der Waals surface area contributed by atoms with Gasteiger partial charge in [0.1, 0.15) is 11.5 Å². The Bertz CT molecular complexity index is 857. The Morgan fingerprint density at radius 2 is 1.92 bits per heavy atom. The summed E-state index contributed by atoms with van der Waals surface area (Å²) in [6, 6.07) is 11.9. The smallest absolute Gasteiger partial charge is 0.405 e. The van der Waals surface area contributed by atoms with Crippen LogP contribution in [0, 0.1) is 5.41 Å². The van der Waals surface area contributed by atoms with Crippen molar-refractivity contribution in [2.45, 2.75) is 31.7 Å². The molecule has 2 aromatic rings. The van der Waals surface area contributed by atoms with Gasteiger partial charge < -0.3 is 19.9 Å². The number of rotatable bonds is 4. The maximum Gasteiger partial charge on any atom is 0.405 e. The molecule has 1 amide bonds. The van der Waals surface area contributed by atoms with Gasteiger partial charge in [-0.15, -0.1) is 0 Å². The third kappa shape index (κ3) is 2.77. The van der Waals surface area contributed by atoms with Crippen molar-refractivity contribution in [2.24, 2.45) is 5.41 Å². The lowest BCUT2D eigenvalue weighted by Crippen LogP contribution is -2.36. The Kier molecular flexibility index (Phi) is 4.02. The van der Waals surface area contributed by atoms with E-state index in [-0.39, 0.29) is 11.5 Å². The number of nitrogens with one attached hydrogen (secondary N) is 1. The molecule has 26 heavy (non-hydrogen) atoms. The van der Waals surface area contributed by atoms with E-state index in [1.165, 1.54) is 5.56 Å². The molecule has 0 radical (unpaired) electrons. The molecule has 1 spiro atoms. The minimum Gasteiger partial charge on any atom is -0.497 e. The third-order valence-corrected chi connectivity index (χ3v) is 5.84. The largest absolute Gasteiger partial charge is 0.497 e. The normalized spacial score (nSPS) is 19.5. The quantitative estimate of drug-likeness (QED) is 0.854. The van der Waals surface area contributed by atoms with Gasteiger partial charge in [0.05, 0.1) is 20.3 Å². The predicted octanol–water partition coefficient (Wildman–Crippen LogP) is 4.41. The molecule has 136 valence electrons. The van der Waals surface area contributed by atoms with Crippen LogP contribution >= 0.6 is 0 Å². The van der Waals surface area contributed by atoms with Crippen molar-refractivity contribution >= 4 is 6.09 Å². The number of aryl methyl sites for hydroxylation is 1. The third-order valence-electron chi connectivity index (χ3n) is 5.84. The van der Waals surface area contributed by atoms with E-state index in [1.54, 1.807) is 14.2 Å². The summed E-state index contributed by atoms with van der Waals surface area (Å²) in [5, 5.41) is 12.0. The van der Waals surface area contributed by atoms with E-state index >= 15 is 0 Å². The summed E-state index contributed by atoms with van der Waals surface area (Å²) in [7, 11) is 3.31. The molecule has 5 heteroatoms. The Labute approximate surface area is 152 Å². The van der Waals surface area contributed by atoms with Crippen molar-refractivity contribution < 1.29 is 19.4 Å². The highest BCUT2D eigenvalue weighted by Gasteiger charge is 2.52. The SMILES string of the molecule is COc1ccc(OC)c(-c2ccc3c(c2)CCC2(CC2)C3NC(=O)O)c1. The minimum absolute atomic E-state index is 0.106. The fraction of sp³-hybridized carbons (Fsp3) is 0.381. The van der Waals surface area contributed by atoms with Crippen LogP contribution in [0.4, 0.5) is 4.79 Å². The lowest BCUT2D eigenvalue weighted by atomic mass is 9.76. The van der Waals surface area contributed by atoms with E-state index in [9.17, 15) is 9.90 Å². The van der Waals surface area contributed by atoms with Crippen molar-refractivity contribution in [1.82, 2.24) is 5.32 Å². The van der Waals surface area contributed by atoms with Crippen molar-refractivity contribution in [1.29, 1.82) is 0 Å². The van der Waals surface area contributed by atoms with Crippen LogP contribution in [0.25, 0.3) is 11.1 Å². The van der Waals surface area contributed by atoms with Crippen molar-refractivity contribution in [3.8, 4) is 22.6 Å². The highest BCUT2D eigenvalue weighted by Crippen LogP contribution is 2.61. The van der Waals surface area contributed by atoms with Crippen LogP contribution in [0.5, 0.6) is 11.5 Å². The molecule has 2 aliphatic rings. The fourth-order valence-electron chi connectivity index (χ4n) is 4.22. The highest BCUT2D eigenvalue weighted by atomic mass is 16.5. The summed E-state index contributed by atoms with van der Waals surface area (Å²) in [6.45, 7) is 0. The van der Waals surface area contributed by atoms with Crippen molar-refractivity contribution in [3.63, 3.8) is 0 Å². The van der Waals surface area contributed by atoms with Gasteiger partial charge in [-0.1, -0.05) is 18.2 Å². The van der Waals surface area contributed by atoms with E-state index in [4.69, 9.17) is 9.47 Å². The molecule has 0 aliphatic heterocycles. The van der Waals surface area contributed by atoms with Crippen LogP contribution in [0.1, 0.15) is 36.4 Å². The first-order valence-corrected chi connectivity index (χ1v) is 8.91. The minimum atomic E-state index is -0.951. The van der Waals surface area contributed by atoms with E-state index in [1.807, 2.05) is 24.3 Å². The maximum absolute atomic E-state index is 11.3. The molecule has 2 N–H and O–H groups in total. The molecule has 0 aromatic heterocycles. The van der Waals surface area contributed by atoms with Crippen LogP contribution < -0.4 is 14.8 Å². The maximum atomic E-state index is 11.3. The van der Waals surface area contributed by atoms with Gasteiger partial charge in [-0.2, -0.15) is 0 Å². The Hall–Kier alpha value is -2.69. The molecule has 5 nitrogen and oxygen atoms in total. The monoisotopic (exact) mass is 353 g/mol. The van der Waals surface area contributed by atoms with Crippen LogP contribution in [0.15, 0.2) is 36.4 Å². The van der Waals surface area contributed by atoms with Crippen LogP contribution in [-0.4, -0.2) is 25.4 Å². The van der Waals surface area contributed by atoms with E-state index in [2.05, 4.69) is 17.4 Å². The number of fused-ring (bicyclic) bond motifs is 1. The van der Waals surface area contributed by atoms with E-state index < -0.39 is 6.09 Å². The highest BCUT2D eigenvalue weighted by molar-refractivity contribution is 5.73. The zero-order valence-corrected chi connectivity index (χ0v) is 15.0. The number of benzene rings is 2. The Balaban J connectivity index is 1.75. The molecule has 1 saturated carbocycles. The first-order chi connectivity index (χ1) is 12.6. The van der Waals surface area contributed by atoms with Gasteiger partial charge in [-0.3, -0.25) is 0 Å². The number of amides is 1. The van der Waals surface area contributed by atoms with Gasteiger partial charge in [-0.25, -0.2) is 4.79 Å². The Morgan fingerprint density at radius 3 is 2.58 bits per heavy atom. The van der Waals surface area contributed by atoms with Crippen LogP contribution in [0.3, 0.4) is 0 Å².